The topological polar surface area (TPSA) is 33.1 Å². The molecule has 2 unspecified atom stereocenters. The van der Waals surface area contributed by atoms with E-state index in [-0.39, 0.29) is 0 Å². The van der Waals surface area contributed by atoms with Gasteiger partial charge in [-0.05, 0) is 53.6 Å². The lowest BCUT2D eigenvalue weighted by Gasteiger charge is -2.34. The van der Waals surface area contributed by atoms with Crippen LogP contribution in [-0.2, 0) is 6.54 Å². The van der Waals surface area contributed by atoms with Gasteiger partial charge in [0, 0.05) is 36.4 Å². The fourth-order valence-electron chi connectivity index (χ4n) is 3.66. The second kappa shape index (κ2) is 6.72. The summed E-state index contributed by atoms with van der Waals surface area (Å²) in [5.41, 5.74) is 3.97. The van der Waals surface area contributed by atoms with Crippen molar-refractivity contribution in [3.05, 3.63) is 17.0 Å². The fourth-order valence-corrected chi connectivity index (χ4v) is 3.66. The molecule has 1 N–H and O–H groups in total. The molecule has 114 valence electrons. The Labute approximate surface area is 123 Å². The van der Waals surface area contributed by atoms with E-state index in [1.165, 1.54) is 36.3 Å². The zero-order chi connectivity index (χ0) is 14.7. The molecule has 1 aliphatic rings. The average molecular weight is 278 g/mol. The molecule has 2 heterocycles. The van der Waals surface area contributed by atoms with Gasteiger partial charge < -0.3 is 5.32 Å². The molecule has 0 spiro atoms. The van der Waals surface area contributed by atoms with E-state index >= 15 is 0 Å². The summed E-state index contributed by atoms with van der Waals surface area (Å²) in [5.74, 6) is 0. The number of hydrogen-bond acceptors (Lipinski definition) is 3. The molecular weight excluding hydrogens is 248 g/mol. The first-order valence-corrected chi connectivity index (χ1v) is 8.10. The molecule has 0 amide bonds. The van der Waals surface area contributed by atoms with Crippen molar-refractivity contribution in [2.24, 2.45) is 0 Å². The molecule has 0 radical (unpaired) electrons. The molecule has 0 aromatic carbocycles. The maximum absolute atomic E-state index is 4.69. The molecule has 1 saturated heterocycles. The third-order valence-electron chi connectivity index (χ3n) is 4.64. The normalized spacial score (nSPS) is 20.8. The second-order valence-electron chi connectivity index (χ2n) is 5.96. The highest BCUT2D eigenvalue weighted by Gasteiger charge is 2.29. The number of nitrogens with one attached hydrogen (secondary N) is 1. The quantitative estimate of drug-likeness (QED) is 0.868. The van der Waals surface area contributed by atoms with E-state index in [1.54, 1.807) is 0 Å². The summed E-state index contributed by atoms with van der Waals surface area (Å²) in [7, 11) is 0. The molecule has 2 atom stereocenters. The van der Waals surface area contributed by atoms with Gasteiger partial charge in [0.15, 0.2) is 0 Å². The van der Waals surface area contributed by atoms with Gasteiger partial charge in [-0.1, -0.05) is 6.92 Å². The van der Waals surface area contributed by atoms with Gasteiger partial charge in [-0.3, -0.25) is 9.58 Å². The van der Waals surface area contributed by atoms with Crippen LogP contribution in [0, 0.1) is 13.8 Å². The number of aryl methyl sites for hydroxylation is 2. The number of rotatable bonds is 6. The molecule has 2 rings (SSSR count). The standard InChI is InChI=1S/C16H30N4/c1-6-10-19(15-8-9-17-11-15)13(4)16-12(3)18-20(7-2)14(16)5/h13,15,17H,6-11H2,1-5H3. The Hall–Kier alpha value is -0.870. The van der Waals surface area contributed by atoms with Crippen molar-refractivity contribution in [3.63, 3.8) is 0 Å². The van der Waals surface area contributed by atoms with E-state index in [1.807, 2.05) is 0 Å². The predicted molar refractivity (Wildman–Crippen MR) is 84.1 cm³/mol. The van der Waals surface area contributed by atoms with Crippen LogP contribution < -0.4 is 5.32 Å². The molecule has 1 aliphatic heterocycles. The summed E-state index contributed by atoms with van der Waals surface area (Å²) in [6.45, 7) is 15.6. The van der Waals surface area contributed by atoms with Gasteiger partial charge in [0.05, 0.1) is 5.69 Å². The number of hydrogen-bond donors (Lipinski definition) is 1. The van der Waals surface area contributed by atoms with Crippen LogP contribution in [0.3, 0.4) is 0 Å². The van der Waals surface area contributed by atoms with E-state index in [4.69, 9.17) is 5.10 Å². The lowest BCUT2D eigenvalue weighted by molar-refractivity contribution is 0.152. The van der Waals surface area contributed by atoms with Gasteiger partial charge in [-0.2, -0.15) is 5.10 Å². The van der Waals surface area contributed by atoms with Crippen LogP contribution >= 0.6 is 0 Å². The Kier molecular flexibility index (Phi) is 5.22. The third-order valence-corrected chi connectivity index (χ3v) is 4.64. The van der Waals surface area contributed by atoms with Crippen LogP contribution in [0.25, 0.3) is 0 Å². The average Bonchev–Trinajstić information content (AvgIpc) is 3.03. The van der Waals surface area contributed by atoms with E-state index in [2.05, 4.69) is 49.5 Å². The van der Waals surface area contributed by atoms with E-state index in [0.29, 0.717) is 12.1 Å². The van der Waals surface area contributed by atoms with Crippen LogP contribution in [0.15, 0.2) is 0 Å². The SMILES string of the molecule is CCCN(C1CCNC1)C(C)c1c(C)nn(CC)c1C. The lowest BCUT2D eigenvalue weighted by Crippen LogP contribution is -2.39. The van der Waals surface area contributed by atoms with E-state index in [0.717, 1.165) is 19.6 Å². The number of aromatic nitrogens is 2. The Morgan fingerprint density at radius 1 is 1.40 bits per heavy atom. The summed E-state index contributed by atoms with van der Waals surface area (Å²) in [6.07, 6.45) is 2.48. The van der Waals surface area contributed by atoms with E-state index in [9.17, 15) is 0 Å². The Morgan fingerprint density at radius 2 is 2.15 bits per heavy atom. The van der Waals surface area contributed by atoms with Crippen LogP contribution in [0.5, 0.6) is 0 Å². The maximum Gasteiger partial charge on any atom is 0.0644 e. The molecule has 1 aromatic heterocycles. The van der Waals surface area contributed by atoms with Gasteiger partial charge in [0.1, 0.15) is 0 Å². The fraction of sp³-hybridized carbons (Fsp3) is 0.812. The summed E-state index contributed by atoms with van der Waals surface area (Å²) >= 11 is 0. The molecular formula is C16H30N4. The first kappa shape index (κ1) is 15.5. The Bertz CT molecular complexity index is 432. The lowest BCUT2D eigenvalue weighted by atomic mass is 10.0. The van der Waals surface area contributed by atoms with Crippen molar-refractivity contribution in [2.75, 3.05) is 19.6 Å². The van der Waals surface area contributed by atoms with Crippen LogP contribution in [0.4, 0.5) is 0 Å². The second-order valence-corrected chi connectivity index (χ2v) is 5.96. The maximum atomic E-state index is 4.69. The van der Waals surface area contributed by atoms with Gasteiger partial charge in [-0.15, -0.1) is 0 Å². The minimum absolute atomic E-state index is 0.458. The van der Waals surface area contributed by atoms with Gasteiger partial charge in [0.2, 0.25) is 0 Å². The minimum atomic E-state index is 0.458. The van der Waals surface area contributed by atoms with Gasteiger partial charge >= 0.3 is 0 Å². The van der Waals surface area contributed by atoms with Crippen molar-refractivity contribution >= 4 is 0 Å². The van der Waals surface area contributed by atoms with Gasteiger partial charge in [0.25, 0.3) is 0 Å². The molecule has 0 saturated carbocycles. The van der Waals surface area contributed by atoms with Crippen molar-refractivity contribution in [1.82, 2.24) is 20.0 Å². The summed E-state index contributed by atoms with van der Waals surface area (Å²) in [6, 6.07) is 1.13. The Balaban J connectivity index is 2.26. The van der Waals surface area contributed by atoms with E-state index < -0.39 is 0 Å². The third kappa shape index (κ3) is 2.91. The highest BCUT2D eigenvalue weighted by atomic mass is 15.3. The zero-order valence-corrected chi connectivity index (χ0v) is 13.7. The monoisotopic (exact) mass is 278 g/mol. The molecule has 4 heteroatoms. The van der Waals surface area contributed by atoms with Gasteiger partial charge in [-0.25, -0.2) is 0 Å². The summed E-state index contributed by atoms with van der Waals surface area (Å²) in [4.78, 5) is 2.68. The summed E-state index contributed by atoms with van der Waals surface area (Å²) < 4.78 is 2.14. The van der Waals surface area contributed by atoms with Crippen LogP contribution in [0.1, 0.15) is 56.6 Å². The van der Waals surface area contributed by atoms with Crippen molar-refractivity contribution in [1.29, 1.82) is 0 Å². The predicted octanol–water partition coefficient (Wildman–Crippen LogP) is 2.65. The first-order valence-electron chi connectivity index (χ1n) is 8.10. The first-order chi connectivity index (χ1) is 9.60. The Morgan fingerprint density at radius 3 is 2.65 bits per heavy atom. The van der Waals surface area contributed by atoms with Crippen LogP contribution in [0.2, 0.25) is 0 Å². The van der Waals surface area contributed by atoms with Crippen molar-refractivity contribution in [2.45, 2.75) is 66.1 Å². The molecule has 1 fully saturated rings. The number of nitrogens with zero attached hydrogens (tertiary/aromatic N) is 3. The minimum Gasteiger partial charge on any atom is -0.315 e. The zero-order valence-electron chi connectivity index (χ0n) is 13.7. The highest BCUT2D eigenvalue weighted by Crippen LogP contribution is 2.29. The van der Waals surface area contributed by atoms with Crippen LogP contribution in [-0.4, -0.2) is 40.4 Å². The highest BCUT2D eigenvalue weighted by molar-refractivity contribution is 5.28. The molecule has 20 heavy (non-hydrogen) atoms. The largest absolute Gasteiger partial charge is 0.315 e. The molecule has 1 aromatic rings. The molecule has 0 aliphatic carbocycles. The van der Waals surface area contributed by atoms with Crippen molar-refractivity contribution < 1.29 is 0 Å². The molecule has 0 bridgehead atoms. The van der Waals surface area contributed by atoms with Crippen molar-refractivity contribution in [3.8, 4) is 0 Å². The summed E-state index contributed by atoms with van der Waals surface area (Å²) in [5, 5.41) is 8.19. The smallest absolute Gasteiger partial charge is 0.0644 e. The molecule has 4 nitrogen and oxygen atoms in total.